The lowest BCUT2D eigenvalue weighted by Crippen LogP contribution is -2.48. The largest absolute Gasteiger partial charge is 0.444 e. The highest BCUT2D eigenvalue weighted by atomic mass is 35.5. The molecule has 8 nitrogen and oxygen atoms in total. The molecule has 0 fully saturated rings. The Morgan fingerprint density at radius 3 is 1.82 bits per heavy atom. The monoisotopic (exact) mass is 548 g/mol. The van der Waals surface area contributed by atoms with Gasteiger partial charge in [-0.15, -0.1) is 12.4 Å². The zero-order valence-electron chi connectivity index (χ0n) is 21.6. The van der Waals surface area contributed by atoms with Crippen LogP contribution in [-0.2, 0) is 27.2 Å². The number of nitrogens with zero attached hydrogens (tertiary/aromatic N) is 2. The molecule has 3 amide bonds. The number of para-hydroxylation sites is 2. The van der Waals surface area contributed by atoms with Gasteiger partial charge in [-0.3, -0.25) is 9.59 Å². The SMILES string of the molecule is C.C.CN1C(=O)C(N)CCc2ccccc21.CN1C(=O)C(NC(=O)OC(C)(C)C)CCc2ccccc21.Cl. The topological polar surface area (TPSA) is 105 Å². The normalized spacial score (nSPS) is 18.4. The molecular weight excluding hydrogens is 504 g/mol. The number of likely N-dealkylation sites (N-methyl/N-ethyl adjacent to an activating group) is 2. The van der Waals surface area contributed by atoms with Gasteiger partial charge in [-0.2, -0.15) is 0 Å². The van der Waals surface area contributed by atoms with Crippen LogP contribution in [0.3, 0.4) is 0 Å². The maximum absolute atomic E-state index is 12.5. The van der Waals surface area contributed by atoms with Gasteiger partial charge in [-0.1, -0.05) is 51.3 Å². The quantitative estimate of drug-likeness (QED) is 0.515. The Morgan fingerprint density at radius 1 is 0.868 bits per heavy atom. The lowest BCUT2D eigenvalue weighted by molar-refractivity contribution is -0.120. The molecular formula is C29H45ClN4O4. The van der Waals surface area contributed by atoms with Crippen molar-refractivity contribution in [1.82, 2.24) is 5.32 Å². The van der Waals surface area contributed by atoms with Crippen molar-refractivity contribution in [3.63, 3.8) is 0 Å². The van der Waals surface area contributed by atoms with Crippen molar-refractivity contribution < 1.29 is 19.1 Å². The van der Waals surface area contributed by atoms with Gasteiger partial charge < -0.3 is 25.6 Å². The lowest BCUT2D eigenvalue weighted by atomic mass is 10.1. The van der Waals surface area contributed by atoms with Gasteiger partial charge in [0.25, 0.3) is 0 Å². The number of rotatable bonds is 1. The van der Waals surface area contributed by atoms with E-state index in [1.807, 2.05) is 42.5 Å². The summed E-state index contributed by atoms with van der Waals surface area (Å²) in [6, 6.07) is 14.8. The summed E-state index contributed by atoms with van der Waals surface area (Å²) < 4.78 is 5.22. The van der Waals surface area contributed by atoms with Crippen LogP contribution >= 0.6 is 12.4 Å². The zero-order chi connectivity index (χ0) is 25.8. The molecule has 0 saturated carbocycles. The average molecular weight is 549 g/mol. The molecule has 0 radical (unpaired) electrons. The summed E-state index contributed by atoms with van der Waals surface area (Å²) >= 11 is 0. The van der Waals surface area contributed by atoms with E-state index in [4.69, 9.17) is 10.5 Å². The number of anilines is 2. The Labute approximate surface area is 234 Å². The highest BCUT2D eigenvalue weighted by Gasteiger charge is 2.30. The van der Waals surface area contributed by atoms with Crippen molar-refractivity contribution in [2.24, 2.45) is 5.73 Å². The third-order valence-corrected chi connectivity index (χ3v) is 6.10. The van der Waals surface area contributed by atoms with Crippen LogP contribution in [0, 0.1) is 0 Å². The Morgan fingerprint density at radius 2 is 1.32 bits per heavy atom. The number of hydrogen-bond acceptors (Lipinski definition) is 5. The highest BCUT2D eigenvalue weighted by molar-refractivity contribution is 5.99. The molecule has 2 aromatic carbocycles. The first-order chi connectivity index (χ1) is 16.5. The minimum absolute atomic E-state index is 0. The molecule has 2 aliphatic rings. The standard InChI is InChI=1S/C16H22N2O3.C11H14N2O.2CH4.ClH/c1-16(2,3)21-15(20)17-12-10-9-11-7-5-6-8-13(11)18(4)14(12)19;1-13-10-5-3-2-4-8(10)6-7-9(12)11(13)14;;;/h5-8,12H,9-10H2,1-4H3,(H,17,20);2-5,9H,6-7,12H2,1H3;2*1H4;1H. The van der Waals surface area contributed by atoms with Crippen LogP contribution in [0.4, 0.5) is 16.2 Å². The smallest absolute Gasteiger partial charge is 0.408 e. The molecule has 212 valence electrons. The zero-order valence-corrected chi connectivity index (χ0v) is 22.4. The third kappa shape index (κ3) is 8.74. The summed E-state index contributed by atoms with van der Waals surface area (Å²) in [6.45, 7) is 5.39. The molecule has 0 bridgehead atoms. The van der Waals surface area contributed by atoms with E-state index in [-0.39, 0.29) is 45.1 Å². The number of carbonyl (C=O) groups excluding carboxylic acids is 3. The molecule has 4 rings (SSSR count). The number of fused-ring (bicyclic) bond motifs is 2. The van der Waals surface area contributed by atoms with Gasteiger partial charge in [0.1, 0.15) is 11.6 Å². The van der Waals surface area contributed by atoms with E-state index in [1.54, 1.807) is 44.7 Å². The van der Waals surface area contributed by atoms with Crippen LogP contribution in [0.5, 0.6) is 0 Å². The fourth-order valence-corrected chi connectivity index (χ4v) is 4.26. The van der Waals surface area contributed by atoms with E-state index >= 15 is 0 Å². The van der Waals surface area contributed by atoms with Gasteiger partial charge in [-0.25, -0.2) is 4.79 Å². The van der Waals surface area contributed by atoms with Crippen LogP contribution < -0.4 is 20.9 Å². The van der Waals surface area contributed by atoms with E-state index in [2.05, 4.69) is 11.4 Å². The molecule has 0 saturated heterocycles. The van der Waals surface area contributed by atoms with Crippen molar-refractivity contribution in [3.05, 3.63) is 59.7 Å². The number of aryl methyl sites for hydroxylation is 2. The maximum Gasteiger partial charge on any atom is 0.408 e. The molecule has 2 unspecified atom stereocenters. The molecule has 9 heteroatoms. The predicted molar refractivity (Wildman–Crippen MR) is 158 cm³/mol. The third-order valence-electron chi connectivity index (χ3n) is 6.10. The number of benzene rings is 2. The van der Waals surface area contributed by atoms with E-state index in [1.165, 1.54) is 5.56 Å². The van der Waals surface area contributed by atoms with Crippen LogP contribution in [0.2, 0.25) is 0 Å². The van der Waals surface area contributed by atoms with Crippen molar-refractivity contribution in [3.8, 4) is 0 Å². The van der Waals surface area contributed by atoms with Crippen LogP contribution in [0.15, 0.2) is 48.5 Å². The molecule has 2 heterocycles. The first kappa shape index (κ1) is 34.9. The molecule has 2 aliphatic heterocycles. The molecule has 0 aromatic heterocycles. The second-order valence-electron chi connectivity index (χ2n) is 9.93. The van der Waals surface area contributed by atoms with E-state index in [0.717, 1.165) is 36.2 Å². The van der Waals surface area contributed by atoms with Gasteiger partial charge in [-0.05, 0) is 69.7 Å². The number of alkyl carbamates (subject to hydrolysis) is 1. The minimum Gasteiger partial charge on any atom is -0.444 e. The predicted octanol–water partition coefficient (Wildman–Crippen LogP) is 5.11. The maximum atomic E-state index is 12.5. The molecule has 38 heavy (non-hydrogen) atoms. The molecule has 0 aliphatic carbocycles. The van der Waals surface area contributed by atoms with Crippen molar-refractivity contribution in [2.75, 3.05) is 23.9 Å². The summed E-state index contributed by atoms with van der Waals surface area (Å²) in [5.41, 5.74) is 9.39. The molecule has 3 N–H and O–H groups in total. The summed E-state index contributed by atoms with van der Waals surface area (Å²) in [6.07, 6.45) is 2.37. The number of hydrogen-bond donors (Lipinski definition) is 2. The number of nitrogens with one attached hydrogen (secondary N) is 1. The molecule has 2 aromatic rings. The summed E-state index contributed by atoms with van der Waals surface area (Å²) in [7, 11) is 3.52. The lowest BCUT2D eigenvalue weighted by Gasteiger charge is -2.24. The van der Waals surface area contributed by atoms with Gasteiger partial charge in [0.2, 0.25) is 11.8 Å². The fourth-order valence-electron chi connectivity index (χ4n) is 4.26. The van der Waals surface area contributed by atoms with Crippen LogP contribution in [0.25, 0.3) is 0 Å². The van der Waals surface area contributed by atoms with Crippen LogP contribution in [-0.4, -0.2) is 49.7 Å². The Hall–Kier alpha value is -3.10. The number of amides is 3. The van der Waals surface area contributed by atoms with Gasteiger partial charge >= 0.3 is 6.09 Å². The first-order valence-corrected chi connectivity index (χ1v) is 11.9. The molecule has 0 spiro atoms. The van der Waals surface area contributed by atoms with Crippen molar-refractivity contribution >= 4 is 41.7 Å². The second kappa shape index (κ2) is 14.7. The van der Waals surface area contributed by atoms with Gasteiger partial charge in [0, 0.05) is 25.5 Å². The summed E-state index contributed by atoms with van der Waals surface area (Å²) in [4.78, 5) is 39.3. The fraction of sp³-hybridized carbons (Fsp3) is 0.483. The van der Waals surface area contributed by atoms with Gasteiger partial charge in [0.05, 0.1) is 6.04 Å². The Kier molecular flexibility index (Phi) is 13.5. The molecule has 2 atom stereocenters. The Bertz CT molecular complexity index is 1090. The summed E-state index contributed by atoms with van der Waals surface area (Å²) in [5.74, 6) is -0.110. The number of carbonyl (C=O) groups is 3. The Balaban J connectivity index is 0.000000710. The number of nitrogens with two attached hydrogens (primary N) is 1. The number of halogens is 1. The van der Waals surface area contributed by atoms with Crippen molar-refractivity contribution in [1.29, 1.82) is 0 Å². The number of ether oxygens (including phenoxy) is 1. The van der Waals surface area contributed by atoms with Crippen molar-refractivity contribution in [2.45, 2.75) is 79.0 Å². The average Bonchev–Trinajstić information content (AvgIpc) is 3.00. The minimum atomic E-state index is -0.577. The summed E-state index contributed by atoms with van der Waals surface area (Å²) in [5, 5.41) is 2.68. The van der Waals surface area contributed by atoms with Crippen LogP contribution in [0.1, 0.15) is 59.6 Å². The van der Waals surface area contributed by atoms with E-state index < -0.39 is 17.7 Å². The van der Waals surface area contributed by atoms with E-state index in [9.17, 15) is 14.4 Å². The highest BCUT2D eigenvalue weighted by Crippen LogP contribution is 2.26. The van der Waals surface area contributed by atoms with Gasteiger partial charge in [0.15, 0.2) is 0 Å². The second-order valence-corrected chi connectivity index (χ2v) is 9.93. The van der Waals surface area contributed by atoms with E-state index in [0.29, 0.717) is 6.42 Å². The first-order valence-electron chi connectivity index (χ1n) is 11.9.